The molecule has 0 aliphatic rings. The zero-order valence-electron chi connectivity index (χ0n) is 18.0. The van der Waals surface area contributed by atoms with Crippen molar-refractivity contribution in [1.29, 1.82) is 0 Å². The van der Waals surface area contributed by atoms with Crippen LogP contribution < -0.4 is 0 Å². The normalized spacial score (nSPS) is 9.82. The van der Waals surface area contributed by atoms with Crippen LogP contribution in [-0.4, -0.2) is 5.16 Å². The Kier molecular flexibility index (Phi) is 8.62. The molecule has 3 rings (SSSR count). The van der Waals surface area contributed by atoms with E-state index >= 15 is 0 Å². The molecule has 0 fully saturated rings. The van der Waals surface area contributed by atoms with Crippen molar-refractivity contribution in [2.24, 2.45) is 4.99 Å². The molecule has 3 aromatic rings. The van der Waals surface area contributed by atoms with Gasteiger partial charge in [-0.2, -0.15) is 4.99 Å². The Morgan fingerprint density at radius 1 is 0.758 bits per heavy atom. The monoisotopic (exact) mass is 459 g/mol. The van der Waals surface area contributed by atoms with Crippen molar-refractivity contribution in [3.05, 3.63) is 88.7 Å². The number of hydrogen-bond donors (Lipinski definition) is 0. The van der Waals surface area contributed by atoms with Crippen molar-refractivity contribution in [2.75, 3.05) is 0 Å². The van der Waals surface area contributed by atoms with Crippen LogP contribution in [0.25, 0.3) is 11.1 Å². The standard InChI is InChI=1S/C28H20F3NS/c1-2-3-4-5-6-7-23-15-12-21(16-25(23)29)9-8-20-10-13-22(14-11-20)24-17-26(30)28(32-19-33)27(31)18-24/h10-18H,2-5H2,1H3. The maximum atomic E-state index is 14.3. The van der Waals surface area contributed by atoms with Gasteiger partial charge in [0, 0.05) is 17.5 Å². The second-order valence-corrected chi connectivity index (χ2v) is 7.46. The predicted molar refractivity (Wildman–Crippen MR) is 130 cm³/mol. The molecule has 164 valence electrons. The first-order valence-corrected chi connectivity index (χ1v) is 10.9. The summed E-state index contributed by atoms with van der Waals surface area (Å²) in [5.41, 5.74) is 2.10. The van der Waals surface area contributed by atoms with E-state index in [4.69, 9.17) is 0 Å². The zero-order chi connectivity index (χ0) is 23.6. The third kappa shape index (κ3) is 6.67. The molecule has 0 heterocycles. The summed E-state index contributed by atoms with van der Waals surface area (Å²) < 4.78 is 42.4. The van der Waals surface area contributed by atoms with Crippen molar-refractivity contribution in [3.63, 3.8) is 0 Å². The van der Waals surface area contributed by atoms with E-state index in [0.717, 1.165) is 25.7 Å². The Labute approximate surface area is 197 Å². The van der Waals surface area contributed by atoms with Crippen molar-refractivity contribution in [3.8, 4) is 34.8 Å². The fourth-order valence-electron chi connectivity index (χ4n) is 3.09. The second kappa shape index (κ2) is 11.8. The minimum Gasteiger partial charge on any atom is -0.206 e. The summed E-state index contributed by atoms with van der Waals surface area (Å²) in [6.07, 6.45) is 4.02. The van der Waals surface area contributed by atoms with Gasteiger partial charge >= 0.3 is 0 Å². The van der Waals surface area contributed by atoms with E-state index in [2.05, 4.69) is 47.8 Å². The number of nitrogens with zero attached hydrogens (tertiary/aromatic N) is 1. The van der Waals surface area contributed by atoms with Gasteiger partial charge < -0.3 is 0 Å². The molecule has 3 aromatic carbocycles. The van der Waals surface area contributed by atoms with E-state index in [1.54, 1.807) is 36.4 Å². The maximum absolute atomic E-state index is 14.3. The van der Waals surface area contributed by atoms with Crippen LogP contribution in [0.15, 0.2) is 59.6 Å². The number of halogens is 3. The first-order chi connectivity index (χ1) is 16.0. The summed E-state index contributed by atoms with van der Waals surface area (Å²) in [5.74, 6) is 9.73. The van der Waals surface area contributed by atoms with Crippen LogP contribution in [0.4, 0.5) is 18.9 Å². The van der Waals surface area contributed by atoms with Gasteiger partial charge in [0.05, 0.1) is 10.7 Å². The minimum absolute atomic E-state index is 0.362. The molecular weight excluding hydrogens is 439 g/mol. The van der Waals surface area contributed by atoms with E-state index in [9.17, 15) is 13.2 Å². The lowest BCUT2D eigenvalue weighted by atomic mass is 10.0. The summed E-state index contributed by atoms with van der Waals surface area (Å²) in [5, 5.41) is 1.96. The maximum Gasteiger partial charge on any atom is 0.153 e. The van der Waals surface area contributed by atoms with Crippen LogP contribution in [0.2, 0.25) is 0 Å². The molecule has 0 unspecified atom stereocenters. The van der Waals surface area contributed by atoms with Gasteiger partial charge in [-0.05, 0) is 72.2 Å². The van der Waals surface area contributed by atoms with Crippen molar-refractivity contribution >= 4 is 23.1 Å². The summed E-state index contributed by atoms with van der Waals surface area (Å²) in [6.45, 7) is 2.13. The second-order valence-electron chi connectivity index (χ2n) is 7.27. The fourth-order valence-corrected chi connectivity index (χ4v) is 3.18. The third-order valence-electron chi connectivity index (χ3n) is 4.84. The molecule has 0 aromatic heterocycles. The molecule has 0 saturated carbocycles. The largest absolute Gasteiger partial charge is 0.206 e. The van der Waals surface area contributed by atoms with Crippen LogP contribution in [0.1, 0.15) is 49.3 Å². The van der Waals surface area contributed by atoms with Crippen LogP contribution in [-0.2, 0) is 0 Å². The summed E-state index contributed by atoms with van der Waals surface area (Å²) in [7, 11) is 0. The predicted octanol–water partition coefficient (Wildman–Crippen LogP) is 7.84. The lowest BCUT2D eigenvalue weighted by Gasteiger charge is -2.05. The van der Waals surface area contributed by atoms with E-state index < -0.39 is 23.1 Å². The van der Waals surface area contributed by atoms with Crippen LogP contribution in [0.3, 0.4) is 0 Å². The van der Waals surface area contributed by atoms with Crippen molar-refractivity contribution in [1.82, 2.24) is 0 Å². The zero-order valence-corrected chi connectivity index (χ0v) is 18.8. The Morgan fingerprint density at radius 3 is 2.06 bits per heavy atom. The number of hydrogen-bond acceptors (Lipinski definition) is 2. The number of aliphatic imine (C=N–C) groups is 1. The average Bonchev–Trinajstić information content (AvgIpc) is 2.81. The highest BCUT2D eigenvalue weighted by Crippen LogP contribution is 2.29. The number of isothiocyanates is 1. The van der Waals surface area contributed by atoms with Gasteiger partial charge in [0.2, 0.25) is 0 Å². The molecule has 0 aliphatic carbocycles. The lowest BCUT2D eigenvalue weighted by Crippen LogP contribution is -1.87. The van der Waals surface area contributed by atoms with Gasteiger partial charge in [0.25, 0.3) is 0 Å². The molecule has 0 atom stereocenters. The van der Waals surface area contributed by atoms with E-state index in [-0.39, 0.29) is 0 Å². The molecule has 0 aliphatic heterocycles. The van der Waals surface area contributed by atoms with Crippen LogP contribution in [0, 0.1) is 41.1 Å². The highest BCUT2D eigenvalue weighted by atomic mass is 32.1. The first-order valence-electron chi connectivity index (χ1n) is 10.5. The summed E-state index contributed by atoms with van der Waals surface area (Å²) in [4.78, 5) is 3.41. The molecule has 0 radical (unpaired) electrons. The lowest BCUT2D eigenvalue weighted by molar-refractivity contribution is 0.588. The SMILES string of the molecule is CCCCCC#Cc1ccc(C#Cc2ccc(-c3cc(F)c(N=C=S)c(F)c3)cc2)cc1F. The Hall–Kier alpha value is -3.63. The summed E-state index contributed by atoms with van der Waals surface area (Å²) >= 11 is 4.41. The van der Waals surface area contributed by atoms with Crippen LogP contribution >= 0.6 is 12.2 Å². The Bertz CT molecular complexity index is 1290. The molecule has 0 amide bonds. The molecule has 0 spiro atoms. The fraction of sp³-hybridized carbons (Fsp3) is 0.179. The van der Waals surface area contributed by atoms with Gasteiger partial charge in [-0.1, -0.05) is 55.6 Å². The smallest absolute Gasteiger partial charge is 0.153 e. The van der Waals surface area contributed by atoms with Crippen molar-refractivity contribution in [2.45, 2.75) is 32.6 Å². The van der Waals surface area contributed by atoms with E-state index in [1.807, 2.05) is 5.16 Å². The Morgan fingerprint density at radius 2 is 1.42 bits per heavy atom. The molecule has 0 saturated heterocycles. The van der Waals surface area contributed by atoms with Gasteiger partial charge in [0.1, 0.15) is 11.5 Å². The number of thiocarbonyl (C=S) groups is 1. The van der Waals surface area contributed by atoms with Gasteiger partial charge in [0.15, 0.2) is 11.6 Å². The molecular formula is C28H20F3NS. The third-order valence-corrected chi connectivity index (χ3v) is 4.93. The molecule has 5 heteroatoms. The molecule has 0 bridgehead atoms. The van der Waals surface area contributed by atoms with Crippen LogP contribution in [0.5, 0.6) is 0 Å². The van der Waals surface area contributed by atoms with Crippen molar-refractivity contribution < 1.29 is 13.2 Å². The van der Waals surface area contributed by atoms with E-state index in [1.165, 1.54) is 18.2 Å². The van der Waals surface area contributed by atoms with Gasteiger partial charge in [-0.15, -0.1) is 0 Å². The minimum atomic E-state index is -0.817. The van der Waals surface area contributed by atoms with E-state index in [0.29, 0.717) is 27.8 Å². The summed E-state index contributed by atoms with van der Waals surface area (Å²) in [6, 6.07) is 14.0. The van der Waals surface area contributed by atoms with Gasteiger partial charge in [-0.25, -0.2) is 13.2 Å². The average molecular weight is 460 g/mol. The molecule has 0 N–H and O–H groups in total. The van der Waals surface area contributed by atoms with Gasteiger partial charge in [-0.3, -0.25) is 0 Å². The topological polar surface area (TPSA) is 12.4 Å². The Balaban J connectivity index is 1.73. The highest BCUT2D eigenvalue weighted by molar-refractivity contribution is 7.78. The quantitative estimate of drug-likeness (QED) is 0.164. The number of benzene rings is 3. The molecule has 1 nitrogen and oxygen atoms in total. The molecule has 33 heavy (non-hydrogen) atoms. The number of rotatable bonds is 5. The highest BCUT2D eigenvalue weighted by Gasteiger charge is 2.11. The first kappa shape index (κ1) is 24.0. The number of unbranched alkanes of at least 4 members (excludes halogenated alkanes) is 3.